The van der Waals surface area contributed by atoms with Gasteiger partial charge in [-0.05, 0) is 44.9 Å². The monoisotopic (exact) mass is 319 g/mol. The van der Waals surface area contributed by atoms with Crippen molar-refractivity contribution in [1.29, 1.82) is 0 Å². The van der Waals surface area contributed by atoms with Gasteiger partial charge >= 0.3 is 6.03 Å². The van der Waals surface area contributed by atoms with E-state index in [4.69, 9.17) is 4.74 Å². The van der Waals surface area contributed by atoms with Gasteiger partial charge in [0.2, 0.25) is 0 Å². The van der Waals surface area contributed by atoms with E-state index < -0.39 is 0 Å². The van der Waals surface area contributed by atoms with E-state index in [1.54, 1.807) is 7.11 Å². The number of hydrogen-bond donors (Lipinski definition) is 1. The average Bonchev–Trinajstić information content (AvgIpc) is 2.54. The molecule has 0 unspecified atom stereocenters. The van der Waals surface area contributed by atoms with Gasteiger partial charge in [-0.1, -0.05) is 12.1 Å². The molecule has 1 saturated heterocycles. The van der Waals surface area contributed by atoms with Crippen molar-refractivity contribution in [3.63, 3.8) is 0 Å². The van der Waals surface area contributed by atoms with Gasteiger partial charge in [0.05, 0.1) is 7.11 Å². The molecule has 128 valence electrons. The first kappa shape index (κ1) is 17.6. The van der Waals surface area contributed by atoms with Crippen LogP contribution in [0.2, 0.25) is 0 Å². The highest BCUT2D eigenvalue weighted by atomic mass is 16.5. The fourth-order valence-electron chi connectivity index (χ4n) is 2.83. The predicted octanol–water partition coefficient (Wildman–Crippen LogP) is 2.36. The van der Waals surface area contributed by atoms with Gasteiger partial charge in [-0.25, -0.2) is 4.79 Å². The van der Waals surface area contributed by atoms with Crippen molar-refractivity contribution in [2.75, 3.05) is 39.8 Å². The average molecular weight is 319 g/mol. The second-order valence-electron chi connectivity index (χ2n) is 6.98. The lowest BCUT2D eigenvalue weighted by atomic mass is 10.1. The predicted molar refractivity (Wildman–Crippen MR) is 93.0 cm³/mol. The van der Waals surface area contributed by atoms with Crippen LogP contribution in [0.5, 0.6) is 5.75 Å². The number of amides is 2. The quantitative estimate of drug-likeness (QED) is 0.926. The molecular weight excluding hydrogens is 290 g/mol. The highest BCUT2D eigenvalue weighted by Crippen LogP contribution is 2.16. The third kappa shape index (κ3) is 5.13. The summed E-state index contributed by atoms with van der Waals surface area (Å²) in [5, 5.41) is 3.02. The zero-order valence-corrected chi connectivity index (χ0v) is 14.8. The van der Waals surface area contributed by atoms with E-state index in [2.05, 4.69) is 37.1 Å². The van der Waals surface area contributed by atoms with Crippen molar-refractivity contribution in [3.05, 3.63) is 29.8 Å². The number of nitrogens with one attached hydrogen (secondary N) is 1. The number of piperazine rings is 1. The molecule has 1 aliphatic heterocycles. The Morgan fingerprint density at radius 2 is 1.91 bits per heavy atom. The first-order valence-corrected chi connectivity index (χ1v) is 8.31. The van der Waals surface area contributed by atoms with Gasteiger partial charge < -0.3 is 15.0 Å². The Kier molecular flexibility index (Phi) is 5.88. The van der Waals surface area contributed by atoms with E-state index in [0.29, 0.717) is 6.54 Å². The summed E-state index contributed by atoms with van der Waals surface area (Å²) in [6.07, 6.45) is 0.810. The fourth-order valence-corrected chi connectivity index (χ4v) is 2.83. The molecule has 1 aromatic rings. The highest BCUT2D eigenvalue weighted by molar-refractivity contribution is 5.74. The van der Waals surface area contributed by atoms with Crippen LogP contribution < -0.4 is 10.1 Å². The second kappa shape index (κ2) is 7.68. The van der Waals surface area contributed by atoms with Crippen molar-refractivity contribution in [2.45, 2.75) is 32.7 Å². The van der Waals surface area contributed by atoms with Gasteiger partial charge in [0.15, 0.2) is 0 Å². The molecule has 23 heavy (non-hydrogen) atoms. The number of ether oxygens (including phenoxy) is 1. The van der Waals surface area contributed by atoms with Crippen molar-refractivity contribution < 1.29 is 9.53 Å². The lowest BCUT2D eigenvalue weighted by Crippen LogP contribution is -2.56. The number of methoxy groups -OCH3 is 1. The Labute approximate surface area is 139 Å². The van der Waals surface area contributed by atoms with Crippen LogP contribution in [-0.2, 0) is 6.42 Å². The van der Waals surface area contributed by atoms with Crippen LogP contribution in [0.15, 0.2) is 24.3 Å². The summed E-state index contributed by atoms with van der Waals surface area (Å²) in [4.78, 5) is 16.6. The zero-order valence-electron chi connectivity index (χ0n) is 14.8. The molecule has 0 bridgehead atoms. The minimum Gasteiger partial charge on any atom is -0.497 e. The molecule has 5 heteroatoms. The Morgan fingerprint density at radius 3 is 2.52 bits per heavy atom. The molecule has 0 aromatic heterocycles. The molecular formula is C18H29N3O2. The Hall–Kier alpha value is -1.75. The van der Waals surface area contributed by atoms with Crippen LogP contribution in [0.3, 0.4) is 0 Å². The molecule has 1 fully saturated rings. The summed E-state index contributed by atoms with van der Waals surface area (Å²) >= 11 is 0. The molecule has 0 saturated carbocycles. The van der Waals surface area contributed by atoms with Crippen LogP contribution in [0.1, 0.15) is 26.3 Å². The molecule has 1 aliphatic rings. The van der Waals surface area contributed by atoms with Crippen molar-refractivity contribution >= 4 is 6.03 Å². The van der Waals surface area contributed by atoms with Gasteiger partial charge in [0.1, 0.15) is 5.75 Å². The maximum atomic E-state index is 12.2. The molecule has 2 amide bonds. The summed E-state index contributed by atoms with van der Waals surface area (Å²) < 4.78 is 5.21. The van der Waals surface area contributed by atoms with E-state index >= 15 is 0 Å². The number of carbonyl (C=O) groups excluding carboxylic acids is 1. The number of rotatable bonds is 4. The Morgan fingerprint density at radius 1 is 1.22 bits per heavy atom. The minimum absolute atomic E-state index is 0.0430. The van der Waals surface area contributed by atoms with Crippen LogP contribution in [-0.4, -0.2) is 61.2 Å². The van der Waals surface area contributed by atoms with E-state index in [9.17, 15) is 4.79 Å². The van der Waals surface area contributed by atoms with Crippen LogP contribution in [0, 0.1) is 0 Å². The van der Waals surface area contributed by atoms with Gasteiger partial charge in [0, 0.05) is 38.3 Å². The molecule has 1 aromatic carbocycles. The Balaban J connectivity index is 1.73. The third-order valence-corrected chi connectivity index (χ3v) is 4.34. The van der Waals surface area contributed by atoms with E-state index in [-0.39, 0.29) is 11.6 Å². The summed E-state index contributed by atoms with van der Waals surface area (Å²) in [7, 11) is 1.66. The molecule has 5 nitrogen and oxygen atoms in total. The van der Waals surface area contributed by atoms with E-state index in [1.807, 2.05) is 23.1 Å². The molecule has 0 atom stereocenters. The maximum absolute atomic E-state index is 12.2. The fraction of sp³-hybridized carbons (Fsp3) is 0.611. The zero-order chi connectivity index (χ0) is 16.9. The van der Waals surface area contributed by atoms with Gasteiger partial charge in [0.25, 0.3) is 0 Å². The lowest BCUT2D eigenvalue weighted by molar-refractivity contribution is 0.0744. The second-order valence-corrected chi connectivity index (χ2v) is 6.98. The highest BCUT2D eigenvalue weighted by Gasteiger charge is 2.27. The van der Waals surface area contributed by atoms with Gasteiger partial charge in [-0.15, -0.1) is 0 Å². The molecule has 0 spiro atoms. The first-order valence-electron chi connectivity index (χ1n) is 8.31. The topological polar surface area (TPSA) is 44.8 Å². The van der Waals surface area contributed by atoms with Crippen molar-refractivity contribution in [3.8, 4) is 5.75 Å². The van der Waals surface area contributed by atoms with Gasteiger partial charge in [-0.3, -0.25) is 4.90 Å². The number of benzene rings is 1. The van der Waals surface area contributed by atoms with Crippen molar-refractivity contribution in [2.24, 2.45) is 0 Å². The van der Waals surface area contributed by atoms with Crippen LogP contribution >= 0.6 is 0 Å². The number of carbonyl (C=O) groups is 1. The van der Waals surface area contributed by atoms with Crippen LogP contribution in [0.25, 0.3) is 0 Å². The molecule has 1 N–H and O–H groups in total. The summed E-state index contributed by atoms with van der Waals surface area (Å²) in [5.41, 5.74) is 1.34. The summed E-state index contributed by atoms with van der Waals surface area (Å²) in [6.45, 7) is 10.8. The SMILES string of the molecule is COc1cccc(CCNC(=O)N2CCN(C(C)(C)C)CC2)c1. The largest absolute Gasteiger partial charge is 0.497 e. The number of nitrogens with zero attached hydrogens (tertiary/aromatic N) is 2. The summed E-state index contributed by atoms with van der Waals surface area (Å²) in [6, 6.07) is 8.00. The first-order chi connectivity index (χ1) is 10.9. The molecule has 0 radical (unpaired) electrons. The lowest BCUT2D eigenvalue weighted by Gasteiger charge is -2.42. The van der Waals surface area contributed by atoms with E-state index in [1.165, 1.54) is 5.56 Å². The normalized spacial score (nSPS) is 16.3. The van der Waals surface area contributed by atoms with Crippen LogP contribution in [0.4, 0.5) is 4.79 Å². The Bertz CT molecular complexity index is 517. The molecule has 1 heterocycles. The smallest absolute Gasteiger partial charge is 0.317 e. The van der Waals surface area contributed by atoms with Crippen molar-refractivity contribution in [1.82, 2.24) is 15.1 Å². The van der Waals surface area contributed by atoms with E-state index in [0.717, 1.165) is 38.3 Å². The molecule has 0 aliphatic carbocycles. The number of hydrogen-bond acceptors (Lipinski definition) is 3. The third-order valence-electron chi connectivity index (χ3n) is 4.34. The number of urea groups is 1. The molecule has 2 rings (SSSR count). The minimum atomic E-state index is 0.0430. The maximum Gasteiger partial charge on any atom is 0.317 e. The summed E-state index contributed by atoms with van der Waals surface area (Å²) in [5.74, 6) is 0.854. The van der Waals surface area contributed by atoms with Gasteiger partial charge in [-0.2, -0.15) is 0 Å². The standard InChI is InChI=1S/C18H29N3O2/c1-18(2,3)21-12-10-20(11-13-21)17(22)19-9-8-15-6-5-7-16(14-15)23-4/h5-7,14H,8-13H2,1-4H3,(H,19,22).